The molecule has 0 amide bonds. The summed E-state index contributed by atoms with van der Waals surface area (Å²) >= 11 is 0. The highest BCUT2D eigenvalue weighted by Crippen LogP contribution is 2.42. The van der Waals surface area contributed by atoms with Gasteiger partial charge in [-0.05, 0) is 55.9 Å². The number of nitrogen functional groups attached to an aromatic ring is 1. The first-order valence-corrected chi connectivity index (χ1v) is 13.8. The molecule has 2 aromatic rings. The van der Waals surface area contributed by atoms with Crippen molar-refractivity contribution < 1.29 is 13.4 Å². The van der Waals surface area contributed by atoms with Gasteiger partial charge in [-0.3, -0.25) is 4.79 Å². The zero-order valence-electron chi connectivity index (χ0n) is 21.1. The molecular formula is C27H36FN5O2S. The largest absolute Gasteiger partial charge is 0.383 e. The number of ketones is 1. The van der Waals surface area contributed by atoms with E-state index >= 15 is 4.39 Å². The molecule has 3 rings (SSSR count). The number of allylic oxidation sites excluding steroid dienone is 2. The first-order valence-electron chi connectivity index (χ1n) is 12.4. The average molecular weight is 514 g/mol. The van der Waals surface area contributed by atoms with Gasteiger partial charge in [0.2, 0.25) is 0 Å². The van der Waals surface area contributed by atoms with Crippen molar-refractivity contribution in [1.82, 2.24) is 9.97 Å². The molecule has 9 heteroatoms. The van der Waals surface area contributed by atoms with Crippen LogP contribution in [0.3, 0.4) is 0 Å². The van der Waals surface area contributed by atoms with E-state index in [2.05, 4.69) is 33.5 Å². The number of hydrogen-bond donors (Lipinski definition) is 3. The van der Waals surface area contributed by atoms with E-state index in [1.165, 1.54) is 18.5 Å². The van der Waals surface area contributed by atoms with Gasteiger partial charge in [-0.15, -0.1) is 0 Å². The lowest BCUT2D eigenvalue weighted by Crippen LogP contribution is -2.45. The average Bonchev–Trinajstić information content (AvgIpc) is 2.86. The maximum absolute atomic E-state index is 15.0. The third-order valence-corrected chi connectivity index (χ3v) is 7.91. The number of aromatic nitrogens is 2. The van der Waals surface area contributed by atoms with E-state index in [1.807, 2.05) is 19.1 Å². The van der Waals surface area contributed by atoms with Crippen molar-refractivity contribution in [2.24, 2.45) is 5.41 Å². The monoisotopic (exact) mass is 513 g/mol. The third kappa shape index (κ3) is 6.57. The molecule has 194 valence electrons. The van der Waals surface area contributed by atoms with E-state index in [0.29, 0.717) is 41.8 Å². The molecule has 0 bridgehead atoms. The SMILES string of the molecule is C=C(c1ccc(NS(=O)CC2(CC/C=C\C)CCC2=O)c(F)c1)c1c(N)ncnc1NCCCCC. The van der Waals surface area contributed by atoms with Gasteiger partial charge in [0, 0.05) is 18.4 Å². The second-order valence-electron chi connectivity index (χ2n) is 9.19. The predicted molar refractivity (Wildman–Crippen MR) is 146 cm³/mol. The fourth-order valence-electron chi connectivity index (χ4n) is 4.35. The molecule has 1 saturated carbocycles. The molecule has 2 unspecified atom stereocenters. The van der Waals surface area contributed by atoms with Gasteiger partial charge in [-0.2, -0.15) is 0 Å². The second kappa shape index (κ2) is 12.8. The van der Waals surface area contributed by atoms with E-state index in [0.717, 1.165) is 32.2 Å². The Kier molecular flexibility index (Phi) is 9.75. The summed E-state index contributed by atoms with van der Waals surface area (Å²) < 4.78 is 30.6. The van der Waals surface area contributed by atoms with Crippen molar-refractivity contribution in [3.63, 3.8) is 0 Å². The molecule has 0 radical (unpaired) electrons. The highest BCUT2D eigenvalue weighted by Gasteiger charge is 2.46. The maximum atomic E-state index is 15.0. The lowest BCUT2D eigenvalue weighted by molar-refractivity contribution is -0.136. The number of rotatable bonds is 14. The number of halogens is 1. The topological polar surface area (TPSA) is 110 Å². The number of carbonyl (C=O) groups excluding carboxylic acids is 1. The Bertz CT molecular complexity index is 1150. The number of unbranched alkanes of at least 4 members (excludes halogenated alkanes) is 2. The summed E-state index contributed by atoms with van der Waals surface area (Å²) in [4.78, 5) is 20.7. The summed E-state index contributed by atoms with van der Waals surface area (Å²) in [5, 5.41) is 3.28. The molecule has 1 aliphatic rings. The molecular weight excluding hydrogens is 477 g/mol. The first-order chi connectivity index (χ1) is 17.3. The Hall–Kier alpha value is -3.07. The number of anilines is 3. The molecule has 7 nitrogen and oxygen atoms in total. The highest BCUT2D eigenvalue weighted by atomic mass is 32.2. The number of nitrogens with zero attached hydrogens (tertiary/aromatic N) is 2. The number of nitrogens with two attached hydrogens (primary N) is 1. The molecule has 1 heterocycles. The van der Waals surface area contributed by atoms with Crippen molar-refractivity contribution in [3.8, 4) is 0 Å². The van der Waals surface area contributed by atoms with Crippen LogP contribution in [0.25, 0.3) is 5.57 Å². The van der Waals surface area contributed by atoms with E-state index < -0.39 is 22.2 Å². The summed E-state index contributed by atoms with van der Waals surface area (Å²) in [6.45, 7) is 8.91. The van der Waals surface area contributed by atoms with Crippen LogP contribution in [0.2, 0.25) is 0 Å². The maximum Gasteiger partial charge on any atom is 0.147 e. The molecule has 1 aliphatic carbocycles. The van der Waals surface area contributed by atoms with Crippen LogP contribution in [0, 0.1) is 11.2 Å². The van der Waals surface area contributed by atoms with E-state index in [4.69, 9.17) is 5.73 Å². The lowest BCUT2D eigenvalue weighted by Gasteiger charge is -2.39. The molecule has 36 heavy (non-hydrogen) atoms. The number of benzene rings is 1. The van der Waals surface area contributed by atoms with E-state index in [-0.39, 0.29) is 23.0 Å². The van der Waals surface area contributed by atoms with Gasteiger partial charge >= 0.3 is 0 Å². The summed E-state index contributed by atoms with van der Waals surface area (Å²) in [7, 11) is -1.60. The van der Waals surface area contributed by atoms with Crippen molar-refractivity contribution in [3.05, 3.63) is 60.2 Å². The van der Waals surface area contributed by atoms with Gasteiger partial charge in [0.15, 0.2) is 0 Å². The fourth-order valence-corrected chi connectivity index (χ4v) is 5.78. The number of nitrogens with one attached hydrogen (secondary N) is 2. The summed E-state index contributed by atoms with van der Waals surface area (Å²) in [6, 6.07) is 4.54. The molecule has 0 spiro atoms. The van der Waals surface area contributed by atoms with Gasteiger partial charge in [-0.1, -0.05) is 44.6 Å². The zero-order valence-corrected chi connectivity index (χ0v) is 21.9. The minimum absolute atomic E-state index is 0.107. The van der Waals surface area contributed by atoms with Crippen LogP contribution in [0.1, 0.15) is 69.9 Å². The normalized spacial score (nSPS) is 18.1. The molecule has 4 N–H and O–H groups in total. The van der Waals surface area contributed by atoms with Gasteiger partial charge in [0.1, 0.15) is 40.5 Å². The van der Waals surface area contributed by atoms with E-state index in [1.54, 1.807) is 6.07 Å². The van der Waals surface area contributed by atoms with E-state index in [9.17, 15) is 9.00 Å². The second-order valence-corrected chi connectivity index (χ2v) is 10.4. The van der Waals surface area contributed by atoms with Gasteiger partial charge < -0.3 is 15.8 Å². The van der Waals surface area contributed by atoms with Crippen LogP contribution in [0.5, 0.6) is 0 Å². The Balaban J connectivity index is 1.71. The molecule has 1 aromatic heterocycles. The van der Waals surface area contributed by atoms with Crippen LogP contribution in [-0.2, 0) is 15.8 Å². The minimum Gasteiger partial charge on any atom is -0.383 e. The number of Topliss-reactive ketones (excluding diaryl/α,β-unsaturated/α-hetero) is 1. The van der Waals surface area contributed by atoms with Crippen molar-refractivity contribution in [2.75, 3.05) is 28.1 Å². The highest BCUT2D eigenvalue weighted by molar-refractivity contribution is 7.86. The van der Waals surface area contributed by atoms with Crippen LogP contribution in [0.15, 0.2) is 43.3 Å². The fraction of sp³-hybridized carbons (Fsp3) is 0.444. The summed E-state index contributed by atoms with van der Waals surface area (Å²) in [5.41, 5.74) is 7.17. The number of hydrogen-bond acceptors (Lipinski definition) is 6. The van der Waals surface area contributed by atoms with Crippen LogP contribution < -0.4 is 15.8 Å². The zero-order chi connectivity index (χ0) is 26.1. The smallest absolute Gasteiger partial charge is 0.147 e. The van der Waals surface area contributed by atoms with Crippen molar-refractivity contribution in [2.45, 2.75) is 58.8 Å². The van der Waals surface area contributed by atoms with Gasteiger partial charge in [0.25, 0.3) is 0 Å². The van der Waals surface area contributed by atoms with Crippen LogP contribution in [-0.4, -0.2) is 32.3 Å². The molecule has 0 aliphatic heterocycles. The van der Waals surface area contributed by atoms with Crippen molar-refractivity contribution >= 4 is 39.7 Å². The Morgan fingerprint density at radius 1 is 1.33 bits per heavy atom. The Labute approximate surface area is 215 Å². The summed E-state index contributed by atoms with van der Waals surface area (Å²) in [5.74, 6) is 0.544. The summed E-state index contributed by atoms with van der Waals surface area (Å²) in [6.07, 6.45) is 11.2. The number of carbonyl (C=O) groups is 1. The Morgan fingerprint density at radius 3 is 2.78 bits per heavy atom. The lowest BCUT2D eigenvalue weighted by atomic mass is 9.66. The first kappa shape index (κ1) is 27.5. The van der Waals surface area contributed by atoms with Gasteiger partial charge in [-0.25, -0.2) is 18.6 Å². The van der Waals surface area contributed by atoms with Crippen LogP contribution in [0.4, 0.5) is 21.7 Å². The predicted octanol–water partition coefficient (Wildman–Crippen LogP) is 5.64. The Morgan fingerprint density at radius 2 is 2.14 bits per heavy atom. The van der Waals surface area contributed by atoms with Crippen molar-refractivity contribution in [1.29, 1.82) is 0 Å². The quantitative estimate of drug-likeness (QED) is 0.223. The molecule has 2 atom stereocenters. The van der Waals surface area contributed by atoms with Gasteiger partial charge in [0.05, 0.1) is 17.0 Å². The molecule has 1 fully saturated rings. The van der Waals surface area contributed by atoms with Crippen LogP contribution >= 0.6 is 0 Å². The molecule has 0 saturated heterocycles. The molecule has 1 aromatic carbocycles. The third-order valence-electron chi connectivity index (χ3n) is 6.65. The minimum atomic E-state index is -1.60. The standard InChI is InChI=1S/C27H36FN5O2S/c1-4-6-8-13-27(14-12-23(27)34)17-36(35)33-22-11-10-20(16-21(22)28)19(3)24-25(29)31-18-32-26(24)30-15-9-7-5-2/h4,6,10-11,16,18,33H,3,5,7-9,12-15,17H2,1-2H3,(H3,29,30,31,32)/b6-4-.